The normalized spacial score (nSPS) is 14.5. The van der Waals surface area contributed by atoms with Gasteiger partial charge < -0.3 is 13.9 Å². The van der Waals surface area contributed by atoms with Gasteiger partial charge in [0.25, 0.3) is 0 Å². The summed E-state index contributed by atoms with van der Waals surface area (Å²) in [6.07, 6.45) is 3.56. The van der Waals surface area contributed by atoms with Gasteiger partial charge in [-0.1, -0.05) is 24.0 Å². The number of rotatable bonds is 7. The first-order valence-electron chi connectivity index (χ1n) is 8.66. The number of hydrogen-bond donors (Lipinski definition) is 0. The van der Waals surface area contributed by atoms with E-state index >= 15 is 0 Å². The summed E-state index contributed by atoms with van der Waals surface area (Å²) < 4.78 is 24.6. The molecule has 1 unspecified atom stereocenters. The van der Waals surface area contributed by atoms with Crippen molar-refractivity contribution in [3.8, 4) is 0 Å². The molecule has 2 heterocycles. The second-order valence-corrected chi connectivity index (χ2v) is 16.9. The van der Waals surface area contributed by atoms with Crippen LogP contribution in [0, 0.1) is 0 Å². The summed E-state index contributed by atoms with van der Waals surface area (Å²) in [5.41, 5.74) is 2.54. The van der Waals surface area contributed by atoms with Crippen LogP contribution in [0.4, 0.5) is 0 Å². The van der Waals surface area contributed by atoms with Gasteiger partial charge in [-0.25, -0.2) is 4.98 Å². The summed E-state index contributed by atoms with van der Waals surface area (Å²) in [4.78, 5) is 4.62. The van der Waals surface area contributed by atoms with Crippen molar-refractivity contribution in [1.29, 1.82) is 0 Å². The maximum absolute atomic E-state index is 12.1. The highest BCUT2D eigenvalue weighted by atomic mass is 79.9. The Morgan fingerprint density at radius 1 is 1.38 bits per heavy atom. The van der Waals surface area contributed by atoms with E-state index in [0.29, 0.717) is 12.4 Å². The van der Waals surface area contributed by atoms with E-state index in [4.69, 9.17) is 4.74 Å². The quantitative estimate of drug-likeness (QED) is 0.254. The molecule has 0 aliphatic rings. The van der Waals surface area contributed by atoms with Crippen LogP contribution in [0.5, 0.6) is 0 Å². The van der Waals surface area contributed by atoms with Crippen molar-refractivity contribution < 1.29 is 9.29 Å². The highest BCUT2D eigenvalue weighted by Gasteiger charge is 2.26. The third-order valence-electron chi connectivity index (χ3n) is 3.75. The molecule has 0 amide bonds. The number of nitrogens with zero attached hydrogens (tertiary/aromatic N) is 3. The number of aromatic nitrogens is 2. The Morgan fingerprint density at radius 2 is 2.08 bits per heavy atom. The number of fused-ring (bicyclic) bond motifs is 1. The van der Waals surface area contributed by atoms with Gasteiger partial charge in [-0.3, -0.25) is 0 Å². The lowest BCUT2D eigenvalue weighted by atomic mass is 10.3. The van der Waals surface area contributed by atoms with Crippen LogP contribution in [-0.2, 0) is 22.8 Å². The number of halogens is 1. The first-order chi connectivity index (χ1) is 12.0. The largest absolute Gasteiger partial charge is 0.591 e. The molecule has 0 aliphatic heterocycles. The van der Waals surface area contributed by atoms with Gasteiger partial charge in [0.1, 0.15) is 34.7 Å². The molecule has 8 heteroatoms. The molecule has 1 atom stereocenters. The molecule has 144 valence electrons. The molecule has 0 saturated heterocycles. The van der Waals surface area contributed by atoms with E-state index in [1.165, 1.54) is 0 Å². The van der Waals surface area contributed by atoms with Crippen molar-refractivity contribution in [2.45, 2.75) is 57.9 Å². The molecular weight excluding hydrogens is 430 g/mol. The fraction of sp³-hybridized carbons (Fsp3) is 0.556. The Balaban J connectivity index is 2.11. The molecule has 0 aromatic carbocycles. The lowest BCUT2D eigenvalue weighted by molar-refractivity contribution is 0.0902. The van der Waals surface area contributed by atoms with Crippen LogP contribution in [0.3, 0.4) is 0 Å². The van der Waals surface area contributed by atoms with Crippen LogP contribution in [0.15, 0.2) is 27.2 Å². The molecule has 0 saturated carbocycles. The molecule has 26 heavy (non-hydrogen) atoms. The van der Waals surface area contributed by atoms with Crippen molar-refractivity contribution in [3.63, 3.8) is 0 Å². The van der Waals surface area contributed by atoms with E-state index in [-0.39, 0.29) is 4.75 Å². The van der Waals surface area contributed by atoms with Gasteiger partial charge >= 0.3 is 0 Å². The van der Waals surface area contributed by atoms with E-state index in [9.17, 15) is 4.55 Å². The molecule has 0 radical (unpaired) electrons. The summed E-state index contributed by atoms with van der Waals surface area (Å²) in [5, 5.41) is 0. The Morgan fingerprint density at radius 3 is 2.69 bits per heavy atom. The molecule has 5 nitrogen and oxygen atoms in total. The van der Waals surface area contributed by atoms with Crippen molar-refractivity contribution in [1.82, 2.24) is 9.55 Å². The fourth-order valence-electron chi connectivity index (χ4n) is 2.10. The van der Waals surface area contributed by atoms with Gasteiger partial charge in [-0.05, 0) is 54.9 Å². The van der Waals surface area contributed by atoms with Crippen molar-refractivity contribution in [3.05, 3.63) is 28.5 Å². The summed E-state index contributed by atoms with van der Waals surface area (Å²) >= 11 is 2.24. The highest BCUT2D eigenvalue weighted by Crippen LogP contribution is 2.23. The Bertz CT molecular complexity index is 781. The molecule has 0 spiro atoms. The lowest BCUT2D eigenvalue weighted by Gasteiger charge is -2.17. The van der Waals surface area contributed by atoms with E-state index in [0.717, 1.165) is 28.2 Å². The zero-order chi connectivity index (χ0) is 19.5. The van der Waals surface area contributed by atoms with Crippen LogP contribution in [-0.4, -0.2) is 39.7 Å². The van der Waals surface area contributed by atoms with E-state index < -0.39 is 19.4 Å². The lowest BCUT2D eigenvalue weighted by Crippen LogP contribution is -2.25. The molecule has 0 N–H and O–H groups in total. The first kappa shape index (κ1) is 21.6. The Kier molecular flexibility index (Phi) is 7.12. The maximum atomic E-state index is 12.1. The number of ether oxygens (including phenoxy) is 1. The van der Waals surface area contributed by atoms with Crippen molar-refractivity contribution >= 4 is 52.6 Å². The molecular formula is C18H28BrN3O2SSi. The summed E-state index contributed by atoms with van der Waals surface area (Å²) in [7, 11) is -1.08. The molecule has 2 aromatic rings. The van der Waals surface area contributed by atoms with Gasteiger partial charge in [0, 0.05) is 25.4 Å². The minimum absolute atomic E-state index is 0.385. The fourth-order valence-corrected chi connectivity index (χ4v) is 3.78. The molecule has 0 bridgehead atoms. The van der Waals surface area contributed by atoms with Crippen molar-refractivity contribution in [2.75, 3.05) is 6.61 Å². The SMILES string of the molecule is CC(C)(C)[S+]([O-])/N=C\c1nc2ccn(COCC[Si](C)(C)C)c2cc1Br. The second kappa shape index (κ2) is 8.56. The van der Waals surface area contributed by atoms with Crippen LogP contribution in [0.2, 0.25) is 25.7 Å². The Labute approximate surface area is 168 Å². The third-order valence-corrected chi connectivity index (χ3v) is 7.44. The van der Waals surface area contributed by atoms with E-state index in [1.807, 2.05) is 43.7 Å². The summed E-state index contributed by atoms with van der Waals surface area (Å²) in [6, 6.07) is 5.12. The van der Waals surface area contributed by atoms with Gasteiger partial charge in [-0.15, -0.1) is 0 Å². The highest BCUT2D eigenvalue weighted by molar-refractivity contribution is 9.10. The standard InChI is InChI=1S/C18H28BrN3O2SSi/c1-18(2,3)25(23)20-12-16-14(19)11-17-15(21-16)7-8-22(17)13-24-9-10-26(4,5)6/h7-8,11-12H,9-10,13H2,1-6H3/b20-12-. The average Bonchev–Trinajstić information content (AvgIpc) is 2.89. The summed E-state index contributed by atoms with van der Waals surface area (Å²) in [6.45, 7) is 14.0. The van der Waals surface area contributed by atoms with E-state index in [1.54, 1.807) is 6.21 Å². The third kappa shape index (κ3) is 6.19. The van der Waals surface area contributed by atoms with Gasteiger partial charge in [-0.2, -0.15) is 0 Å². The topological polar surface area (TPSA) is 62.5 Å². The molecule has 0 fully saturated rings. The minimum Gasteiger partial charge on any atom is -0.591 e. The minimum atomic E-state index is -1.30. The van der Waals surface area contributed by atoms with Crippen LogP contribution in [0.1, 0.15) is 26.5 Å². The smallest absolute Gasteiger partial charge is 0.144 e. The number of pyridine rings is 1. The van der Waals surface area contributed by atoms with E-state index in [2.05, 4.69) is 45.0 Å². The Hall–Kier alpha value is -0.673. The molecule has 0 aliphatic carbocycles. The zero-order valence-electron chi connectivity index (χ0n) is 16.4. The van der Waals surface area contributed by atoms with Crippen LogP contribution in [0.25, 0.3) is 11.0 Å². The van der Waals surface area contributed by atoms with Gasteiger partial charge in [0.2, 0.25) is 0 Å². The summed E-state index contributed by atoms with van der Waals surface area (Å²) in [5.74, 6) is 0. The zero-order valence-corrected chi connectivity index (χ0v) is 19.8. The second-order valence-electron chi connectivity index (χ2n) is 8.49. The average molecular weight is 458 g/mol. The number of hydrogen-bond acceptors (Lipinski definition) is 4. The van der Waals surface area contributed by atoms with Gasteiger partial charge in [0.15, 0.2) is 0 Å². The monoisotopic (exact) mass is 457 g/mol. The van der Waals surface area contributed by atoms with Crippen LogP contribution >= 0.6 is 15.9 Å². The van der Waals surface area contributed by atoms with Crippen molar-refractivity contribution in [2.24, 2.45) is 4.40 Å². The first-order valence-corrected chi connectivity index (χ1v) is 14.3. The predicted molar refractivity (Wildman–Crippen MR) is 117 cm³/mol. The maximum Gasteiger partial charge on any atom is 0.144 e. The van der Waals surface area contributed by atoms with Gasteiger partial charge in [0.05, 0.1) is 11.0 Å². The molecule has 2 rings (SSSR count). The molecule has 2 aromatic heterocycles. The van der Waals surface area contributed by atoms with Crippen LogP contribution < -0.4 is 0 Å². The predicted octanol–water partition coefficient (Wildman–Crippen LogP) is 4.99.